The molecule has 0 spiro atoms. The van der Waals surface area contributed by atoms with E-state index in [1.54, 1.807) is 35.2 Å². The van der Waals surface area contributed by atoms with Gasteiger partial charge in [0.1, 0.15) is 10.8 Å². The van der Waals surface area contributed by atoms with Crippen molar-refractivity contribution in [3.05, 3.63) is 106 Å². The lowest BCUT2D eigenvalue weighted by atomic mass is 10.2. The summed E-state index contributed by atoms with van der Waals surface area (Å²) in [6.45, 7) is 0.394. The van der Waals surface area contributed by atoms with E-state index in [1.807, 2.05) is 35.7 Å². The Balaban J connectivity index is 1.45. The number of aromatic nitrogens is 4. The van der Waals surface area contributed by atoms with E-state index >= 15 is 0 Å². The third kappa shape index (κ3) is 4.32. The molecule has 0 fully saturated rings. The smallest absolute Gasteiger partial charge is 0.262 e. The normalized spacial score (nSPS) is 11.2. The molecule has 0 bridgehead atoms. The first-order valence-corrected chi connectivity index (χ1v) is 11.8. The Morgan fingerprint density at radius 1 is 1.00 bits per heavy atom. The number of nitrogens with zero attached hydrogens (tertiary/aromatic N) is 4. The second kappa shape index (κ2) is 9.02. The number of pyridine rings is 1. The van der Waals surface area contributed by atoms with Crippen LogP contribution in [0.5, 0.6) is 0 Å². The highest BCUT2D eigenvalue weighted by atomic mass is 32.2. The minimum absolute atomic E-state index is 0.0766. The molecule has 0 saturated carbocycles. The van der Waals surface area contributed by atoms with Gasteiger partial charge >= 0.3 is 0 Å². The summed E-state index contributed by atoms with van der Waals surface area (Å²) < 4.78 is 14.9. The van der Waals surface area contributed by atoms with Crippen molar-refractivity contribution in [3.63, 3.8) is 0 Å². The van der Waals surface area contributed by atoms with Gasteiger partial charge in [-0.15, -0.1) is 11.3 Å². The zero-order valence-electron chi connectivity index (χ0n) is 16.8. The molecular formula is C24H17FN4OS2. The molecule has 0 unspecified atom stereocenters. The largest absolute Gasteiger partial charge is 0.283 e. The first kappa shape index (κ1) is 20.5. The van der Waals surface area contributed by atoms with Gasteiger partial charge in [-0.25, -0.2) is 14.4 Å². The van der Waals surface area contributed by atoms with E-state index in [1.165, 1.54) is 35.2 Å². The first-order chi connectivity index (χ1) is 15.7. The van der Waals surface area contributed by atoms with Gasteiger partial charge in [-0.1, -0.05) is 30.0 Å². The molecule has 32 heavy (non-hydrogen) atoms. The first-order valence-electron chi connectivity index (χ1n) is 9.89. The van der Waals surface area contributed by atoms with Gasteiger partial charge in [0.25, 0.3) is 5.56 Å². The molecule has 0 aliphatic rings. The number of fused-ring (bicyclic) bond motifs is 1. The Kier molecular flexibility index (Phi) is 5.79. The summed E-state index contributed by atoms with van der Waals surface area (Å²) in [5, 5.41) is 4.04. The van der Waals surface area contributed by atoms with Gasteiger partial charge in [0.2, 0.25) is 0 Å². The van der Waals surface area contributed by atoms with Crippen molar-refractivity contribution in [1.82, 2.24) is 19.5 Å². The molecule has 2 aromatic carbocycles. The Hall–Kier alpha value is -3.36. The zero-order valence-corrected chi connectivity index (χ0v) is 18.4. The second-order valence-electron chi connectivity index (χ2n) is 7.10. The van der Waals surface area contributed by atoms with Gasteiger partial charge in [-0.05, 0) is 48.0 Å². The fourth-order valence-electron chi connectivity index (χ4n) is 3.31. The standard InChI is InChI=1S/C24H17FN4OS2/c25-18-9-7-17(8-10-18)22-27-19(14-31-22)15-32-24-28-21-6-2-1-5-20(21)23(30)29(24)13-16-4-3-11-26-12-16/h1-12,14H,13,15H2. The van der Waals surface area contributed by atoms with Crippen molar-refractivity contribution in [2.75, 3.05) is 0 Å². The highest BCUT2D eigenvalue weighted by Crippen LogP contribution is 2.28. The van der Waals surface area contributed by atoms with E-state index in [2.05, 4.69) is 9.97 Å². The van der Waals surface area contributed by atoms with E-state index in [0.717, 1.165) is 21.8 Å². The van der Waals surface area contributed by atoms with E-state index in [4.69, 9.17) is 4.98 Å². The highest BCUT2D eigenvalue weighted by Gasteiger charge is 2.13. The minimum Gasteiger partial charge on any atom is -0.283 e. The van der Waals surface area contributed by atoms with Crippen molar-refractivity contribution in [1.29, 1.82) is 0 Å². The molecule has 0 amide bonds. The zero-order chi connectivity index (χ0) is 21.9. The van der Waals surface area contributed by atoms with E-state index in [9.17, 15) is 9.18 Å². The highest BCUT2D eigenvalue weighted by molar-refractivity contribution is 7.98. The molecule has 8 heteroatoms. The third-order valence-corrected chi connectivity index (χ3v) is 6.83. The van der Waals surface area contributed by atoms with Crippen LogP contribution in [-0.2, 0) is 12.3 Å². The SMILES string of the molecule is O=c1c2ccccc2nc(SCc2csc(-c3ccc(F)cc3)n2)n1Cc1cccnc1. The van der Waals surface area contributed by atoms with Crippen LogP contribution in [-0.4, -0.2) is 19.5 Å². The number of rotatable bonds is 6. The monoisotopic (exact) mass is 460 g/mol. The summed E-state index contributed by atoms with van der Waals surface area (Å²) in [5.41, 5.74) is 3.29. The summed E-state index contributed by atoms with van der Waals surface area (Å²) in [6.07, 6.45) is 3.47. The molecule has 0 radical (unpaired) electrons. The summed E-state index contributed by atoms with van der Waals surface area (Å²) in [6, 6.07) is 17.5. The average molecular weight is 461 g/mol. The summed E-state index contributed by atoms with van der Waals surface area (Å²) in [4.78, 5) is 26.8. The number of benzene rings is 2. The molecule has 0 aliphatic heterocycles. The number of hydrogen-bond acceptors (Lipinski definition) is 6. The molecule has 0 aliphatic carbocycles. The average Bonchev–Trinajstić information content (AvgIpc) is 3.30. The van der Waals surface area contributed by atoms with Crippen molar-refractivity contribution in [3.8, 4) is 10.6 Å². The van der Waals surface area contributed by atoms with Gasteiger partial charge in [0.15, 0.2) is 5.16 Å². The molecule has 3 heterocycles. The lowest BCUT2D eigenvalue weighted by molar-refractivity contribution is 0.628. The molecule has 158 valence electrons. The lowest BCUT2D eigenvalue weighted by Gasteiger charge is -2.12. The van der Waals surface area contributed by atoms with Gasteiger partial charge in [-0.3, -0.25) is 14.3 Å². The molecule has 5 aromatic rings. The molecule has 0 atom stereocenters. The predicted molar refractivity (Wildman–Crippen MR) is 126 cm³/mol. The molecular weight excluding hydrogens is 443 g/mol. The minimum atomic E-state index is -0.268. The number of para-hydroxylation sites is 1. The fraction of sp³-hybridized carbons (Fsp3) is 0.0833. The van der Waals surface area contributed by atoms with Gasteiger partial charge in [-0.2, -0.15) is 0 Å². The van der Waals surface area contributed by atoms with Crippen LogP contribution in [0.2, 0.25) is 0 Å². The number of thiazole rings is 1. The van der Waals surface area contributed by atoms with Gasteiger partial charge < -0.3 is 0 Å². The van der Waals surface area contributed by atoms with Crippen LogP contribution in [0.15, 0.2) is 88.4 Å². The molecule has 5 nitrogen and oxygen atoms in total. The summed E-state index contributed by atoms with van der Waals surface area (Å²) >= 11 is 2.99. The lowest BCUT2D eigenvalue weighted by Crippen LogP contribution is -2.24. The molecule has 5 rings (SSSR count). The summed E-state index contributed by atoms with van der Waals surface area (Å²) in [5.74, 6) is 0.297. The quantitative estimate of drug-likeness (QED) is 0.251. The van der Waals surface area contributed by atoms with Crippen LogP contribution in [0.4, 0.5) is 4.39 Å². The van der Waals surface area contributed by atoms with Crippen LogP contribution in [0.3, 0.4) is 0 Å². The van der Waals surface area contributed by atoms with Gasteiger partial charge in [0, 0.05) is 29.1 Å². The molecule has 0 N–H and O–H groups in total. The summed E-state index contributed by atoms with van der Waals surface area (Å²) in [7, 11) is 0. The maximum absolute atomic E-state index is 13.2. The van der Waals surface area contributed by atoms with Crippen molar-refractivity contribution in [2.24, 2.45) is 0 Å². The third-order valence-electron chi connectivity index (χ3n) is 4.88. The van der Waals surface area contributed by atoms with Crippen LogP contribution < -0.4 is 5.56 Å². The Labute approximate surface area is 191 Å². The Bertz CT molecular complexity index is 1430. The second-order valence-corrected chi connectivity index (χ2v) is 8.90. The Morgan fingerprint density at radius 2 is 1.84 bits per heavy atom. The van der Waals surface area contributed by atoms with Gasteiger partial charge in [0.05, 0.1) is 23.1 Å². The van der Waals surface area contributed by atoms with Crippen molar-refractivity contribution < 1.29 is 4.39 Å². The molecule has 0 saturated heterocycles. The van der Waals surface area contributed by atoms with Crippen molar-refractivity contribution >= 4 is 34.0 Å². The van der Waals surface area contributed by atoms with Crippen LogP contribution in [0.25, 0.3) is 21.5 Å². The predicted octanol–water partition coefficient (Wildman–Crippen LogP) is 5.39. The number of halogens is 1. The van der Waals surface area contributed by atoms with Crippen LogP contribution in [0.1, 0.15) is 11.3 Å². The van der Waals surface area contributed by atoms with Crippen molar-refractivity contribution in [2.45, 2.75) is 17.5 Å². The number of hydrogen-bond donors (Lipinski definition) is 0. The van der Waals surface area contributed by atoms with E-state index in [0.29, 0.717) is 28.4 Å². The topological polar surface area (TPSA) is 60.7 Å². The van der Waals surface area contributed by atoms with Crippen LogP contribution in [0, 0.1) is 5.82 Å². The van der Waals surface area contributed by atoms with E-state index in [-0.39, 0.29) is 11.4 Å². The Morgan fingerprint density at radius 3 is 2.66 bits per heavy atom. The fourth-order valence-corrected chi connectivity index (χ4v) is 5.13. The van der Waals surface area contributed by atoms with Crippen LogP contribution >= 0.6 is 23.1 Å². The molecule has 3 aromatic heterocycles. The maximum atomic E-state index is 13.2. The maximum Gasteiger partial charge on any atom is 0.262 e. The number of thioether (sulfide) groups is 1. The van der Waals surface area contributed by atoms with E-state index < -0.39 is 0 Å².